The van der Waals surface area contributed by atoms with Gasteiger partial charge in [0.15, 0.2) is 6.29 Å². The molecule has 0 spiro atoms. The van der Waals surface area contributed by atoms with Gasteiger partial charge < -0.3 is 40.3 Å². The molecule has 0 bridgehead atoms. The predicted molar refractivity (Wildman–Crippen MR) is 256 cm³/mol. The van der Waals surface area contributed by atoms with E-state index in [1.807, 2.05) is 0 Å². The summed E-state index contributed by atoms with van der Waals surface area (Å²) in [6.45, 7) is 3.32. The summed E-state index contributed by atoms with van der Waals surface area (Å²) in [7, 11) is -5.11. The SMILES string of the molecule is CCCCCCCCCCCCCCCCCCCCC(O)C(COC1OC(CO)C(O)C(OS(=O)(=O)O)C1O)NC(=O)C(O)CCCCCCCCCCCCCCCCCCC. The number of aliphatic hydroxyl groups is 5. The molecule has 0 aromatic carbocycles. The van der Waals surface area contributed by atoms with E-state index in [0.29, 0.717) is 19.3 Å². The van der Waals surface area contributed by atoms with Crippen LogP contribution in [0.4, 0.5) is 0 Å². The summed E-state index contributed by atoms with van der Waals surface area (Å²) >= 11 is 0. The highest BCUT2D eigenvalue weighted by molar-refractivity contribution is 7.80. The second kappa shape index (κ2) is 41.1. The van der Waals surface area contributed by atoms with Gasteiger partial charge in [0.1, 0.15) is 30.5 Å². The Hall–Kier alpha value is -0.940. The van der Waals surface area contributed by atoms with Gasteiger partial charge >= 0.3 is 10.4 Å². The Morgan fingerprint density at radius 2 is 0.906 bits per heavy atom. The third-order valence-electron chi connectivity index (χ3n) is 13.0. The molecule has 8 atom stereocenters. The topological polar surface area (TPSA) is 212 Å². The highest BCUT2D eigenvalue weighted by Gasteiger charge is 2.48. The lowest BCUT2D eigenvalue weighted by Gasteiger charge is -2.41. The van der Waals surface area contributed by atoms with Crippen LogP contribution >= 0.6 is 0 Å². The van der Waals surface area contributed by atoms with Crippen LogP contribution in [0.25, 0.3) is 0 Å². The summed E-state index contributed by atoms with van der Waals surface area (Å²) in [5.41, 5.74) is 0. The molecule has 8 unspecified atom stereocenters. The maximum absolute atomic E-state index is 13.2. The maximum Gasteiger partial charge on any atom is 0.397 e. The zero-order valence-electron chi connectivity index (χ0n) is 40.7. The molecule has 1 heterocycles. The van der Waals surface area contributed by atoms with Gasteiger partial charge in [-0.3, -0.25) is 9.35 Å². The average molecular weight is 938 g/mol. The van der Waals surface area contributed by atoms with E-state index >= 15 is 0 Å². The van der Waals surface area contributed by atoms with Gasteiger partial charge in [0.05, 0.1) is 25.4 Å². The fourth-order valence-corrected chi connectivity index (χ4v) is 9.33. The third kappa shape index (κ3) is 32.7. The fourth-order valence-electron chi connectivity index (χ4n) is 8.82. The van der Waals surface area contributed by atoms with Crippen molar-refractivity contribution in [1.82, 2.24) is 5.32 Å². The molecule has 1 rings (SSSR count). The quantitative estimate of drug-likeness (QED) is 0.0224. The minimum atomic E-state index is -5.11. The number of amides is 1. The molecule has 13 nitrogen and oxygen atoms in total. The Kier molecular flexibility index (Phi) is 39.2. The molecule has 1 aliphatic rings. The van der Waals surface area contributed by atoms with Crippen molar-refractivity contribution in [1.29, 1.82) is 0 Å². The molecule has 0 radical (unpaired) electrons. The van der Waals surface area contributed by atoms with Gasteiger partial charge in [-0.25, -0.2) is 4.18 Å². The molecule has 0 aliphatic carbocycles. The third-order valence-corrected chi connectivity index (χ3v) is 13.5. The van der Waals surface area contributed by atoms with Crippen molar-refractivity contribution in [3.8, 4) is 0 Å². The van der Waals surface area contributed by atoms with E-state index in [4.69, 9.17) is 9.47 Å². The first kappa shape index (κ1) is 61.1. The number of unbranched alkanes of at least 4 members (excludes halogenated alkanes) is 33. The van der Waals surface area contributed by atoms with Crippen molar-refractivity contribution in [2.45, 2.75) is 300 Å². The number of aliphatic hydroxyl groups excluding tert-OH is 5. The number of carbonyl (C=O) groups is 1. The second-order valence-corrected chi connectivity index (χ2v) is 20.0. The van der Waals surface area contributed by atoms with Crippen LogP contribution in [-0.4, -0.2) is 107 Å². The van der Waals surface area contributed by atoms with Gasteiger partial charge in [-0.15, -0.1) is 0 Å². The van der Waals surface area contributed by atoms with Crippen LogP contribution in [0.2, 0.25) is 0 Å². The highest BCUT2D eigenvalue weighted by atomic mass is 32.3. The number of nitrogens with one attached hydrogen (secondary N) is 1. The van der Waals surface area contributed by atoms with Gasteiger partial charge in [0, 0.05) is 0 Å². The van der Waals surface area contributed by atoms with Crippen LogP contribution in [0, 0.1) is 0 Å². The Balaban J connectivity index is 2.47. The normalized spacial score (nSPS) is 20.7. The zero-order valence-corrected chi connectivity index (χ0v) is 41.6. The Bertz CT molecular complexity index is 1170. The smallest absolute Gasteiger partial charge is 0.394 e. The number of hydrogen-bond acceptors (Lipinski definition) is 11. The van der Waals surface area contributed by atoms with Crippen molar-refractivity contribution < 1.29 is 57.0 Å². The second-order valence-electron chi connectivity index (χ2n) is 19.0. The number of carbonyl (C=O) groups excluding carboxylic acids is 1. The Morgan fingerprint density at radius 3 is 1.25 bits per heavy atom. The minimum absolute atomic E-state index is 0.266. The van der Waals surface area contributed by atoms with Gasteiger partial charge in [-0.2, -0.15) is 8.42 Å². The maximum atomic E-state index is 13.2. The first-order valence-corrected chi connectivity index (χ1v) is 27.9. The van der Waals surface area contributed by atoms with Crippen LogP contribution in [-0.2, 0) is 28.9 Å². The minimum Gasteiger partial charge on any atom is -0.394 e. The van der Waals surface area contributed by atoms with Gasteiger partial charge in [-0.05, 0) is 12.8 Å². The molecule has 0 aromatic rings. The summed E-state index contributed by atoms with van der Waals surface area (Å²) in [4.78, 5) is 13.2. The van der Waals surface area contributed by atoms with E-state index in [1.54, 1.807) is 0 Å². The van der Waals surface area contributed by atoms with E-state index in [-0.39, 0.29) is 6.42 Å². The molecule has 0 aromatic heterocycles. The Morgan fingerprint density at radius 1 is 0.562 bits per heavy atom. The molecular formula is C50H99NO12S. The van der Waals surface area contributed by atoms with Crippen molar-refractivity contribution in [3.05, 3.63) is 0 Å². The Labute approximate surface area is 390 Å². The van der Waals surface area contributed by atoms with Gasteiger partial charge in [0.2, 0.25) is 5.91 Å². The van der Waals surface area contributed by atoms with Gasteiger partial charge in [0.25, 0.3) is 0 Å². The van der Waals surface area contributed by atoms with Crippen LogP contribution in [0.1, 0.15) is 251 Å². The number of rotatable bonds is 46. The molecule has 1 amide bonds. The zero-order chi connectivity index (χ0) is 47.1. The number of ether oxygens (including phenoxy) is 2. The molecule has 14 heteroatoms. The van der Waals surface area contributed by atoms with E-state index in [2.05, 4.69) is 23.3 Å². The van der Waals surface area contributed by atoms with Crippen molar-refractivity contribution in [2.75, 3.05) is 13.2 Å². The molecule has 7 N–H and O–H groups in total. The predicted octanol–water partition coefficient (Wildman–Crippen LogP) is 10.3. The average Bonchev–Trinajstić information content (AvgIpc) is 3.27. The lowest BCUT2D eigenvalue weighted by molar-refractivity contribution is -0.298. The molecule has 1 aliphatic heterocycles. The standard InChI is InChI=1S/C50H99NO12S/c1-3-5-7-9-11-13-15-17-19-21-23-24-26-28-30-32-34-36-38-43(53)42(41-61-50-47(56)48(63-64(58,59)60)46(55)45(40-52)62-50)51-49(57)44(54)39-37-35-33-31-29-27-25-22-20-18-16-14-12-10-8-6-4-2/h42-48,50,52-56H,3-41H2,1-2H3,(H,51,57)(H,58,59,60). The molecule has 0 saturated carbocycles. The van der Waals surface area contributed by atoms with E-state index in [1.165, 1.54) is 173 Å². The lowest BCUT2D eigenvalue weighted by Crippen LogP contribution is -2.61. The van der Waals surface area contributed by atoms with Crippen LogP contribution < -0.4 is 5.32 Å². The molecule has 382 valence electrons. The van der Waals surface area contributed by atoms with Crippen molar-refractivity contribution in [3.63, 3.8) is 0 Å². The fraction of sp³-hybridized carbons (Fsp3) is 0.980. The van der Waals surface area contributed by atoms with Crippen molar-refractivity contribution >= 4 is 16.3 Å². The monoisotopic (exact) mass is 938 g/mol. The van der Waals surface area contributed by atoms with Crippen LogP contribution in [0.3, 0.4) is 0 Å². The van der Waals surface area contributed by atoms with E-state index in [9.17, 15) is 43.3 Å². The molecule has 64 heavy (non-hydrogen) atoms. The molecule has 1 fully saturated rings. The van der Waals surface area contributed by atoms with E-state index < -0.39 is 78.5 Å². The summed E-state index contributed by atoms with van der Waals surface area (Å²) in [5, 5.41) is 55.6. The number of hydrogen-bond donors (Lipinski definition) is 7. The highest BCUT2D eigenvalue weighted by Crippen LogP contribution is 2.26. The summed E-state index contributed by atoms with van der Waals surface area (Å²) in [6, 6.07) is -1.03. The van der Waals surface area contributed by atoms with Crippen molar-refractivity contribution in [2.24, 2.45) is 0 Å². The van der Waals surface area contributed by atoms with Crippen LogP contribution in [0.5, 0.6) is 0 Å². The molecule has 1 saturated heterocycles. The largest absolute Gasteiger partial charge is 0.397 e. The lowest BCUT2D eigenvalue weighted by atomic mass is 9.99. The molecular weight excluding hydrogens is 839 g/mol. The summed E-state index contributed by atoms with van der Waals surface area (Å²) < 4.78 is 47.7. The summed E-state index contributed by atoms with van der Waals surface area (Å²) in [6.07, 6.45) is 32.8. The van der Waals surface area contributed by atoms with Crippen LogP contribution in [0.15, 0.2) is 0 Å². The summed E-state index contributed by atoms with van der Waals surface area (Å²) in [5.74, 6) is -0.664. The van der Waals surface area contributed by atoms with Gasteiger partial charge in [-0.1, -0.05) is 239 Å². The first-order chi connectivity index (χ1) is 30.9. The van der Waals surface area contributed by atoms with E-state index in [0.717, 1.165) is 38.5 Å². The first-order valence-electron chi connectivity index (χ1n) is 26.5.